The summed E-state index contributed by atoms with van der Waals surface area (Å²) in [4.78, 5) is 2.43. The molecule has 3 nitrogen and oxygen atoms in total. The summed E-state index contributed by atoms with van der Waals surface area (Å²) in [7, 11) is 0. The van der Waals surface area contributed by atoms with E-state index < -0.39 is 6.10 Å². The van der Waals surface area contributed by atoms with E-state index in [1.54, 1.807) is 0 Å². The van der Waals surface area contributed by atoms with Crippen molar-refractivity contribution in [3.05, 3.63) is 34.9 Å². The number of nitrogens with two attached hydrogens (primary N) is 1. The first kappa shape index (κ1) is 12.6. The molecule has 0 saturated carbocycles. The van der Waals surface area contributed by atoms with Crippen molar-refractivity contribution in [3.63, 3.8) is 0 Å². The number of fused-ring (bicyclic) bond motifs is 1. The Hall–Kier alpha value is -0.900. The lowest BCUT2D eigenvalue weighted by Gasteiger charge is -2.28. The molecule has 0 bridgehead atoms. The van der Waals surface area contributed by atoms with Crippen LogP contribution in [0.1, 0.15) is 36.6 Å². The molecule has 1 aliphatic rings. The minimum Gasteiger partial charge on any atom is -0.387 e. The number of nitrogens with zero attached hydrogens (tertiary/aromatic N) is 1. The zero-order chi connectivity index (χ0) is 12.4. The van der Waals surface area contributed by atoms with Crippen LogP contribution >= 0.6 is 0 Å². The van der Waals surface area contributed by atoms with E-state index in [1.807, 2.05) is 13.0 Å². The third-order valence-corrected chi connectivity index (χ3v) is 3.61. The van der Waals surface area contributed by atoms with Crippen molar-refractivity contribution >= 4 is 0 Å². The molecule has 1 heterocycles. The smallest absolute Gasteiger partial charge is 0.0938 e. The SMILES string of the molecule is CCN1CCc2cc(C(O)C(C)N)ccc2C1. The molecule has 2 unspecified atom stereocenters. The summed E-state index contributed by atoms with van der Waals surface area (Å²) in [6.45, 7) is 7.27. The summed E-state index contributed by atoms with van der Waals surface area (Å²) in [6, 6.07) is 6.05. The van der Waals surface area contributed by atoms with E-state index in [4.69, 9.17) is 5.73 Å². The van der Waals surface area contributed by atoms with E-state index >= 15 is 0 Å². The molecule has 0 fully saturated rings. The number of likely N-dealkylation sites (N-methyl/N-ethyl adjacent to an activating group) is 1. The van der Waals surface area contributed by atoms with Gasteiger partial charge in [0.1, 0.15) is 0 Å². The van der Waals surface area contributed by atoms with Crippen LogP contribution in [0.5, 0.6) is 0 Å². The largest absolute Gasteiger partial charge is 0.387 e. The van der Waals surface area contributed by atoms with Gasteiger partial charge in [-0.25, -0.2) is 0 Å². The summed E-state index contributed by atoms with van der Waals surface area (Å²) in [5.74, 6) is 0. The summed E-state index contributed by atoms with van der Waals surface area (Å²) in [5.41, 5.74) is 9.43. The van der Waals surface area contributed by atoms with E-state index in [2.05, 4.69) is 24.0 Å². The van der Waals surface area contributed by atoms with E-state index in [1.165, 1.54) is 11.1 Å². The molecular weight excluding hydrogens is 212 g/mol. The highest BCUT2D eigenvalue weighted by Crippen LogP contribution is 2.24. The molecule has 0 aliphatic carbocycles. The van der Waals surface area contributed by atoms with Crippen LogP contribution in [-0.4, -0.2) is 29.1 Å². The first-order chi connectivity index (χ1) is 8.11. The molecular formula is C14H22N2O. The quantitative estimate of drug-likeness (QED) is 0.832. The molecule has 2 atom stereocenters. The standard InChI is InChI=1S/C14H22N2O/c1-3-16-7-6-11-8-12(14(17)10(2)15)4-5-13(11)9-16/h4-5,8,10,14,17H,3,6-7,9,15H2,1-2H3. The third kappa shape index (κ3) is 2.68. The van der Waals surface area contributed by atoms with Gasteiger partial charge < -0.3 is 10.8 Å². The lowest BCUT2D eigenvalue weighted by Crippen LogP contribution is -2.30. The van der Waals surface area contributed by atoms with Crippen molar-refractivity contribution < 1.29 is 5.11 Å². The molecule has 3 N–H and O–H groups in total. The highest BCUT2D eigenvalue weighted by molar-refractivity contribution is 5.35. The highest BCUT2D eigenvalue weighted by Gasteiger charge is 2.18. The molecule has 3 heteroatoms. The molecule has 17 heavy (non-hydrogen) atoms. The molecule has 0 saturated heterocycles. The van der Waals surface area contributed by atoms with Gasteiger partial charge in [0.05, 0.1) is 6.10 Å². The molecule has 2 rings (SSSR count). The van der Waals surface area contributed by atoms with E-state index in [-0.39, 0.29) is 6.04 Å². The Morgan fingerprint density at radius 1 is 1.41 bits per heavy atom. The maximum atomic E-state index is 9.96. The molecule has 0 radical (unpaired) electrons. The van der Waals surface area contributed by atoms with Gasteiger partial charge >= 0.3 is 0 Å². The zero-order valence-corrected chi connectivity index (χ0v) is 10.7. The van der Waals surface area contributed by atoms with Crippen LogP contribution in [0.4, 0.5) is 0 Å². The van der Waals surface area contributed by atoms with Gasteiger partial charge in [0.25, 0.3) is 0 Å². The maximum Gasteiger partial charge on any atom is 0.0938 e. The molecule has 94 valence electrons. The van der Waals surface area contributed by atoms with Crippen LogP contribution in [0.3, 0.4) is 0 Å². The second-order valence-corrected chi connectivity index (χ2v) is 4.95. The average molecular weight is 234 g/mol. The molecule has 1 aromatic rings. The van der Waals surface area contributed by atoms with Gasteiger partial charge in [-0.15, -0.1) is 0 Å². The number of rotatable bonds is 3. The molecule has 0 aromatic heterocycles. The average Bonchev–Trinajstić information content (AvgIpc) is 2.36. The van der Waals surface area contributed by atoms with Crippen molar-refractivity contribution in [2.75, 3.05) is 13.1 Å². The summed E-state index contributed by atoms with van der Waals surface area (Å²) >= 11 is 0. The second-order valence-electron chi connectivity index (χ2n) is 4.95. The van der Waals surface area contributed by atoms with E-state index in [0.717, 1.165) is 31.6 Å². The lowest BCUT2D eigenvalue weighted by atomic mass is 9.94. The molecule has 0 spiro atoms. The predicted molar refractivity (Wildman–Crippen MR) is 69.7 cm³/mol. The van der Waals surface area contributed by atoms with Crippen LogP contribution in [0.2, 0.25) is 0 Å². The molecule has 1 aromatic carbocycles. The first-order valence-electron chi connectivity index (χ1n) is 6.39. The zero-order valence-electron chi connectivity index (χ0n) is 10.7. The number of benzene rings is 1. The van der Waals surface area contributed by atoms with Gasteiger partial charge in [-0.3, -0.25) is 4.90 Å². The normalized spacial score (nSPS) is 19.8. The van der Waals surface area contributed by atoms with Gasteiger partial charge in [0.2, 0.25) is 0 Å². The van der Waals surface area contributed by atoms with Crippen molar-refractivity contribution in [1.29, 1.82) is 0 Å². The topological polar surface area (TPSA) is 49.5 Å². The monoisotopic (exact) mass is 234 g/mol. The number of hydrogen-bond donors (Lipinski definition) is 2. The third-order valence-electron chi connectivity index (χ3n) is 3.61. The Morgan fingerprint density at radius 3 is 2.82 bits per heavy atom. The van der Waals surface area contributed by atoms with E-state index in [9.17, 15) is 5.11 Å². The second kappa shape index (κ2) is 5.17. The Labute approximate surface area is 103 Å². The Morgan fingerprint density at radius 2 is 2.18 bits per heavy atom. The first-order valence-corrected chi connectivity index (χ1v) is 6.39. The number of hydrogen-bond acceptors (Lipinski definition) is 3. The summed E-state index contributed by atoms with van der Waals surface area (Å²) < 4.78 is 0. The van der Waals surface area contributed by atoms with Crippen LogP contribution in [0, 0.1) is 0 Å². The van der Waals surface area contributed by atoms with Gasteiger partial charge in [0.15, 0.2) is 0 Å². The van der Waals surface area contributed by atoms with Gasteiger partial charge in [-0.2, -0.15) is 0 Å². The highest BCUT2D eigenvalue weighted by atomic mass is 16.3. The van der Waals surface area contributed by atoms with Crippen LogP contribution in [0.25, 0.3) is 0 Å². The fourth-order valence-electron chi connectivity index (χ4n) is 2.39. The van der Waals surface area contributed by atoms with Crippen LogP contribution < -0.4 is 5.73 Å². The van der Waals surface area contributed by atoms with Gasteiger partial charge in [-0.05, 0) is 36.6 Å². The van der Waals surface area contributed by atoms with Crippen molar-refractivity contribution in [2.45, 2.75) is 39.0 Å². The fraction of sp³-hybridized carbons (Fsp3) is 0.571. The van der Waals surface area contributed by atoms with E-state index in [0.29, 0.717) is 0 Å². The minimum atomic E-state index is -0.551. The summed E-state index contributed by atoms with van der Waals surface area (Å²) in [6.07, 6.45) is 0.521. The predicted octanol–water partition coefficient (Wildman–Crippen LogP) is 1.45. The van der Waals surface area contributed by atoms with Crippen molar-refractivity contribution in [2.24, 2.45) is 5.73 Å². The maximum absolute atomic E-state index is 9.96. The van der Waals surface area contributed by atoms with Gasteiger partial charge in [-0.1, -0.05) is 25.1 Å². The fourth-order valence-corrected chi connectivity index (χ4v) is 2.39. The van der Waals surface area contributed by atoms with Gasteiger partial charge in [0, 0.05) is 19.1 Å². The molecule has 1 aliphatic heterocycles. The minimum absolute atomic E-state index is 0.219. The van der Waals surface area contributed by atoms with Crippen LogP contribution in [-0.2, 0) is 13.0 Å². The Kier molecular flexibility index (Phi) is 3.82. The number of aliphatic hydroxyl groups is 1. The number of aliphatic hydroxyl groups excluding tert-OH is 1. The van der Waals surface area contributed by atoms with Crippen molar-refractivity contribution in [1.82, 2.24) is 4.90 Å². The Bertz CT molecular complexity index is 390. The van der Waals surface area contributed by atoms with Crippen LogP contribution in [0.15, 0.2) is 18.2 Å². The Balaban J connectivity index is 2.21. The summed E-state index contributed by atoms with van der Waals surface area (Å²) in [5, 5.41) is 9.96. The lowest BCUT2D eigenvalue weighted by molar-refractivity contribution is 0.153. The molecule has 0 amide bonds. The van der Waals surface area contributed by atoms with Crippen molar-refractivity contribution in [3.8, 4) is 0 Å².